The van der Waals surface area contributed by atoms with Crippen LogP contribution in [0.2, 0.25) is 0 Å². The minimum Gasteiger partial charge on any atom is -0.480 e. The van der Waals surface area contributed by atoms with Crippen molar-refractivity contribution < 1.29 is 19.8 Å². The first-order valence-corrected chi connectivity index (χ1v) is 3.95. The number of hydrogen-bond acceptors (Lipinski definition) is 4. The number of amides is 1. The first-order chi connectivity index (χ1) is 6.11. The number of aliphatic hydroxyl groups is 1. The van der Waals surface area contributed by atoms with Gasteiger partial charge < -0.3 is 21.3 Å². The monoisotopic (exact) mass is 190 g/mol. The smallest absolute Gasteiger partial charge is 0.326 e. The molecule has 0 aliphatic rings. The van der Waals surface area contributed by atoms with Crippen LogP contribution in [0.15, 0.2) is 0 Å². The minimum atomic E-state index is -1.12. The molecule has 0 saturated heterocycles. The van der Waals surface area contributed by atoms with Gasteiger partial charge in [-0.1, -0.05) is 0 Å². The Morgan fingerprint density at radius 1 is 1.46 bits per heavy atom. The SMILES string of the molecule is NCCC[C@H](NC(=O)CO)C(=O)O. The third kappa shape index (κ3) is 5.15. The molecule has 0 aromatic carbocycles. The fourth-order valence-electron chi connectivity index (χ4n) is 0.819. The van der Waals surface area contributed by atoms with E-state index < -0.39 is 24.5 Å². The summed E-state index contributed by atoms with van der Waals surface area (Å²) in [6, 6.07) is -0.955. The zero-order valence-electron chi connectivity index (χ0n) is 7.19. The number of aliphatic carboxylic acids is 1. The zero-order valence-corrected chi connectivity index (χ0v) is 7.19. The molecule has 1 atom stereocenters. The van der Waals surface area contributed by atoms with E-state index in [1.54, 1.807) is 0 Å². The summed E-state index contributed by atoms with van der Waals surface area (Å²) in [6.07, 6.45) is 0.792. The van der Waals surface area contributed by atoms with Crippen molar-refractivity contribution in [2.45, 2.75) is 18.9 Å². The average molecular weight is 190 g/mol. The van der Waals surface area contributed by atoms with Crippen molar-refractivity contribution in [3.63, 3.8) is 0 Å². The molecule has 13 heavy (non-hydrogen) atoms. The van der Waals surface area contributed by atoms with Gasteiger partial charge in [0, 0.05) is 0 Å². The minimum absolute atomic E-state index is 0.275. The highest BCUT2D eigenvalue weighted by Crippen LogP contribution is 1.95. The Kier molecular flexibility index (Phi) is 5.82. The Morgan fingerprint density at radius 2 is 2.08 bits per heavy atom. The molecule has 0 heterocycles. The largest absolute Gasteiger partial charge is 0.480 e. The van der Waals surface area contributed by atoms with Gasteiger partial charge in [0.2, 0.25) is 5.91 Å². The summed E-state index contributed by atoms with van der Waals surface area (Å²) in [4.78, 5) is 21.2. The topological polar surface area (TPSA) is 113 Å². The van der Waals surface area contributed by atoms with E-state index >= 15 is 0 Å². The van der Waals surface area contributed by atoms with Crippen LogP contribution in [0.1, 0.15) is 12.8 Å². The molecule has 5 N–H and O–H groups in total. The van der Waals surface area contributed by atoms with Gasteiger partial charge in [-0.05, 0) is 19.4 Å². The van der Waals surface area contributed by atoms with E-state index in [2.05, 4.69) is 5.32 Å². The lowest BCUT2D eigenvalue weighted by Crippen LogP contribution is -2.42. The van der Waals surface area contributed by atoms with Crippen molar-refractivity contribution in [2.75, 3.05) is 13.2 Å². The van der Waals surface area contributed by atoms with Gasteiger partial charge in [-0.2, -0.15) is 0 Å². The van der Waals surface area contributed by atoms with Crippen LogP contribution >= 0.6 is 0 Å². The van der Waals surface area contributed by atoms with E-state index in [1.165, 1.54) is 0 Å². The fraction of sp³-hybridized carbons (Fsp3) is 0.714. The van der Waals surface area contributed by atoms with Gasteiger partial charge in [-0.3, -0.25) is 4.79 Å². The van der Waals surface area contributed by atoms with Gasteiger partial charge in [0.15, 0.2) is 0 Å². The summed E-state index contributed by atoms with van der Waals surface area (Å²) in [5.41, 5.74) is 5.19. The highest BCUT2D eigenvalue weighted by Gasteiger charge is 2.18. The number of hydrogen-bond donors (Lipinski definition) is 4. The Hall–Kier alpha value is -1.14. The predicted octanol–water partition coefficient (Wildman–Crippen LogP) is -1.71. The molecule has 0 saturated carbocycles. The number of carbonyl (C=O) groups is 2. The zero-order chi connectivity index (χ0) is 10.3. The van der Waals surface area contributed by atoms with Crippen LogP contribution in [0.3, 0.4) is 0 Å². The molecule has 0 aliphatic carbocycles. The van der Waals surface area contributed by atoms with E-state index in [4.69, 9.17) is 15.9 Å². The highest BCUT2D eigenvalue weighted by molar-refractivity contribution is 5.83. The molecule has 0 unspecified atom stereocenters. The number of rotatable bonds is 6. The molecule has 6 nitrogen and oxygen atoms in total. The second-order valence-electron chi connectivity index (χ2n) is 2.55. The molecule has 0 rings (SSSR count). The lowest BCUT2D eigenvalue weighted by atomic mass is 10.1. The van der Waals surface area contributed by atoms with Crippen LogP contribution in [0.5, 0.6) is 0 Å². The molecule has 0 spiro atoms. The van der Waals surface area contributed by atoms with Gasteiger partial charge in [0.05, 0.1) is 0 Å². The van der Waals surface area contributed by atoms with E-state index in [1.807, 2.05) is 0 Å². The van der Waals surface area contributed by atoms with Gasteiger partial charge in [-0.25, -0.2) is 4.79 Å². The Labute approximate surface area is 75.7 Å². The number of carboxylic acids is 1. The first kappa shape index (κ1) is 11.9. The van der Waals surface area contributed by atoms with Crippen molar-refractivity contribution in [2.24, 2.45) is 5.73 Å². The molecule has 0 fully saturated rings. The van der Waals surface area contributed by atoms with Crippen LogP contribution in [-0.2, 0) is 9.59 Å². The van der Waals surface area contributed by atoms with Crippen molar-refractivity contribution >= 4 is 11.9 Å². The van der Waals surface area contributed by atoms with E-state index in [0.717, 1.165) is 0 Å². The third-order valence-corrected chi connectivity index (χ3v) is 1.47. The quantitative estimate of drug-likeness (QED) is 0.398. The molecular formula is C7H14N2O4. The second-order valence-corrected chi connectivity index (χ2v) is 2.55. The van der Waals surface area contributed by atoms with Crippen LogP contribution < -0.4 is 11.1 Å². The maximum atomic E-state index is 10.6. The Morgan fingerprint density at radius 3 is 2.46 bits per heavy atom. The molecular weight excluding hydrogens is 176 g/mol. The predicted molar refractivity (Wildman–Crippen MR) is 44.9 cm³/mol. The van der Waals surface area contributed by atoms with Crippen molar-refractivity contribution in [3.8, 4) is 0 Å². The van der Waals surface area contributed by atoms with Crippen LogP contribution in [0.25, 0.3) is 0 Å². The molecule has 76 valence electrons. The van der Waals surface area contributed by atoms with Gasteiger partial charge >= 0.3 is 5.97 Å². The summed E-state index contributed by atoms with van der Waals surface area (Å²) in [6.45, 7) is -0.328. The fourth-order valence-corrected chi connectivity index (χ4v) is 0.819. The summed E-state index contributed by atoms with van der Waals surface area (Å²) in [5, 5.41) is 19.1. The van der Waals surface area contributed by atoms with Crippen molar-refractivity contribution in [3.05, 3.63) is 0 Å². The number of nitrogens with one attached hydrogen (secondary N) is 1. The van der Waals surface area contributed by atoms with E-state index in [9.17, 15) is 9.59 Å². The number of carboxylic acid groups (broad SMARTS) is 1. The van der Waals surface area contributed by atoms with Gasteiger partial charge in [-0.15, -0.1) is 0 Å². The first-order valence-electron chi connectivity index (χ1n) is 3.95. The second kappa shape index (κ2) is 6.38. The lowest BCUT2D eigenvalue weighted by molar-refractivity contribution is -0.142. The normalized spacial score (nSPS) is 12.2. The van der Waals surface area contributed by atoms with Gasteiger partial charge in [0.1, 0.15) is 12.6 Å². The number of aliphatic hydroxyl groups excluding tert-OH is 1. The molecule has 0 radical (unpaired) electrons. The molecule has 0 aliphatic heterocycles. The molecule has 0 aromatic heterocycles. The lowest BCUT2D eigenvalue weighted by Gasteiger charge is -2.12. The standard InChI is InChI=1S/C7H14N2O4/c8-3-1-2-5(7(12)13)9-6(11)4-10/h5,10H,1-4,8H2,(H,9,11)(H,12,13)/t5-/m0/s1. The average Bonchev–Trinajstić information content (AvgIpc) is 2.11. The van der Waals surface area contributed by atoms with Crippen molar-refractivity contribution in [1.82, 2.24) is 5.32 Å². The van der Waals surface area contributed by atoms with Crippen LogP contribution in [0, 0.1) is 0 Å². The summed E-state index contributed by atoms with van der Waals surface area (Å²) in [7, 11) is 0. The summed E-state index contributed by atoms with van der Waals surface area (Å²) < 4.78 is 0. The van der Waals surface area contributed by atoms with E-state index in [-0.39, 0.29) is 6.42 Å². The summed E-state index contributed by atoms with van der Waals surface area (Å²) in [5.74, 6) is -1.81. The Bertz CT molecular complexity index is 183. The molecule has 0 aromatic rings. The Balaban J connectivity index is 3.94. The highest BCUT2D eigenvalue weighted by atomic mass is 16.4. The van der Waals surface area contributed by atoms with Crippen molar-refractivity contribution in [1.29, 1.82) is 0 Å². The molecule has 0 bridgehead atoms. The molecule has 1 amide bonds. The maximum Gasteiger partial charge on any atom is 0.326 e. The van der Waals surface area contributed by atoms with Crippen LogP contribution in [0.4, 0.5) is 0 Å². The van der Waals surface area contributed by atoms with E-state index in [0.29, 0.717) is 13.0 Å². The number of nitrogens with two attached hydrogens (primary N) is 1. The summed E-state index contributed by atoms with van der Waals surface area (Å²) >= 11 is 0. The molecule has 6 heteroatoms. The van der Waals surface area contributed by atoms with Gasteiger partial charge in [0.25, 0.3) is 0 Å². The third-order valence-electron chi connectivity index (χ3n) is 1.47. The number of carbonyl (C=O) groups excluding carboxylic acids is 1. The van der Waals surface area contributed by atoms with Crippen LogP contribution in [-0.4, -0.2) is 41.3 Å². The maximum absolute atomic E-state index is 10.6.